The van der Waals surface area contributed by atoms with E-state index in [2.05, 4.69) is 4.98 Å². The molecule has 0 spiro atoms. The molecule has 0 aliphatic carbocycles. The van der Waals surface area contributed by atoms with Crippen molar-refractivity contribution in [2.75, 3.05) is 33.9 Å². The molecule has 0 aromatic carbocycles. The van der Waals surface area contributed by atoms with Gasteiger partial charge in [-0.2, -0.15) is 0 Å². The number of methoxy groups -OCH3 is 1. The van der Waals surface area contributed by atoms with Crippen LogP contribution < -0.4 is 0 Å². The molecule has 1 aromatic rings. The van der Waals surface area contributed by atoms with E-state index >= 15 is 0 Å². The predicted octanol–water partition coefficient (Wildman–Crippen LogP) is 2.80. The lowest BCUT2D eigenvalue weighted by Gasteiger charge is -2.41. The lowest BCUT2D eigenvalue weighted by atomic mass is 10.0. The van der Waals surface area contributed by atoms with Crippen LogP contribution in [-0.4, -0.2) is 70.5 Å². The molecule has 2 rings (SSSR count). The van der Waals surface area contributed by atoms with Gasteiger partial charge in [0.15, 0.2) is 5.82 Å². The Morgan fingerprint density at radius 2 is 2.13 bits per heavy atom. The van der Waals surface area contributed by atoms with Crippen molar-refractivity contribution >= 4 is 17.6 Å². The van der Waals surface area contributed by atoms with Crippen molar-refractivity contribution in [3.63, 3.8) is 0 Å². The van der Waals surface area contributed by atoms with Crippen LogP contribution in [-0.2, 0) is 16.1 Å². The lowest BCUT2D eigenvalue weighted by Crippen LogP contribution is -2.54. The van der Waals surface area contributed by atoms with E-state index in [-0.39, 0.29) is 29.1 Å². The van der Waals surface area contributed by atoms with Crippen LogP contribution in [0.3, 0.4) is 0 Å². The Labute approximate surface area is 182 Å². The molecular weight excluding hydrogens is 410 g/mol. The zero-order valence-corrected chi connectivity index (χ0v) is 18.9. The average molecular weight is 440 g/mol. The number of hydrogen-bond acceptors (Lipinski definition) is 8. The molecule has 0 radical (unpaired) electrons. The highest BCUT2D eigenvalue weighted by atomic mass is 35.5. The van der Waals surface area contributed by atoms with Crippen molar-refractivity contribution in [2.24, 2.45) is 5.92 Å². The minimum absolute atomic E-state index is 0.0604. The summed E-state index contributed by atoms with van der Waals surface area (Å²) < 4.78 is 4.97. The van der Waals surface area contributed by atoms with Crippen molar-refractivity contribution in [2.45, 2.75) is 39.8 Å². The van der Waals surface area contributed by atoms with Gasteiger partial charge >= 0.3 is 5.97 Å². The number of aromatic nitrogens is 1. The highest BCUT2D eigenvalue weighted by Gasteiger charge is 2.39. The number of nitrogens with zero attached hydrogens (tertiary/aromatic N) is 5. The highest BCUT2D eigenvalue weighted by molar-refractivity contribution is 6.29. The fraction of sp³-hybridized carbons (Fsp3) is 0.600. The molecule has 30 heavy (non-hydrogen) atoms. The predicted molar refractivity (Wildman–Crippen MR) is 114 cm³/mol. The van der Waals surface area contributed by atoms with Crippen LogP contribution in [0.15, 0.2) is 29.8 Å². The number of nitro groups is 1. The quantitative estimate of drug-likeness (QED) is 0.251. The van der Waals surface area contributed by atoms with Crippen LogP contribution in [0.2, 0.25) is 5.15 Å². The number of carbonyl (C=O) groups excluding carboxylic acids is 1. The summed E-state index contributed by atoms with van der Waals surface area (Å²) >= 11 is 5.86. The third-order valence-corrected chi connectivity index (χ3v) is 5.26. The van der Waals surface area contributed by atoms with E-state index in [1.54, 1.807) is 19.3 Å². The zero-order chi connectivity index (χ0) is 22.4. The lowest BCUT2D eigenvalue weighted by molar-refractivity contribution is -0.434. The first kappa shape index (κ1) is 23.9. The molecule has 166 valence electrons. The Hall–Kier alpha value is -2.39. The Kier molecular flexibility index (Phi) is 8.43. The molecule has 0 unspecified atom stereocenters. The van der Waals surface area contributed by atoms with Gasteiger partial charge in [-0.05, 0) is 30.9 Å². The van der Waals surface area contributed by atoms with Gasteiger partial charge in [0.05, 0.1) is 25.2 Å². The third kappa shape index (κ3) is 5.82. The van der Waals surface area contributed by atoms with Gasteiger partial charge in [0.2, 0.25) is 0 Å². The SMILES string of the molecule is CCN(Cc1ccc(Cl)nc1)C1=C([N+](=O)[O-])CN([C@@H](CC(C)C)C(=O)OC)CN1C. The number of hydrogen-bond donors (Lipinski definition) is 0. The molecule has 0 saturated heterocycles. The Morgan fingerprint density at radius 1 is 1.43 bits per heavy atom. The Balaban J connectivity index is 2.36. The molecule has 1 aliphatic rings. The molecular formula is C20H30ClN5O4. The van der Waals surface area contributed by atoms with Gasteiger partial charge in [-0.1, -0.05) is 31.5 Å². The van der Waals surface area contributed by atoms with Crippen LogP contribution in [0.25, 0.3) is 0 Å². The largest absolute Gasteiger partial charge is 0.468 e. The molecule has 2 heterocycles. The first-order chi connectivity index (χ1) is 14.2. The van der Waals surface area contributed by atoms with Crippen LogP contribution in [0.1, 0.15) is 32.8 Å². The van der Waals surface area contributed by atoms with Gasteiger partial charge in [0.25, 0.3) is 5.70 Å². The minimum atomic E-state index is -0.538. The maximum absolute atomic E-state index is 12.4. The fourth-order valence-electron chi connectivity index (χ4n) is 3.68. The monoisotopic (exact) mass is 439 g/mol. The first-order valence-electron chi connectivity index (χ1n) is 9.93. The smallest absolute Gasteiger partial charge is 0.323 e. The van der Waals surface area contributed by atoms with Crippen LogP contribution in [0, 0.1) is 16.0 Å². The molecule has 0 fully saturated rings. The second-order valence-electron chi connectivity index (χ2n) is 7.79. The van der Waals surface area contributed by atoms with E-state index < -0.39 is 6.04 Å². The molecule has 1 aromatic heterocycles. The van der Waals surface area contributed by atoms with E-state index in [4.69, 9.17) is 16.3 Å². The van der Waals surface area contributed by atoms with Gasteiger partial charge in [-0.25, -0.2) is 4.98 Å². The van der Waals surface area contributed by atoms with E-state index in [1.807, 2.05) is 41.5 Å². The topological polar surface area (TPSA) is 92.0 Å². The van der Waals surface area contributed by atoms with Gasteiger partial charge in [0, 0.05) is 26.3 Å². The van der Waals surface area contributed by atoms with Gasteiger partial charge < -0.3 is 14.5 Å². The van der Waals surface area contributed by atoms with Crippen LogP contribution in [0.5, 0.6) is 0 Å². The maximum Gasteiger partial charge on any atom is 0.323 e. The third-order valence-electron chi connectivity index (χ3n) is 5.04. The summed E-state index contributed by atoms with van der Waals surface area (Å²) in [7, 11) is 3.15. The Morgan fingerprint density at radius 3 is 2.63 bits per heavy atom. The summed E-state index contributed by atoms with van der Waals surface area (Å²) in [5, 5.41) is 12.4. The minimum Gasteiger partial charge on any atom is -0.468 e. The highest BCUT2D eigenvalue weighted by Crippen LogP contribution is 2.26. The van der Waals surface area contributed by atoms with Gasteiger partial charge in [-0.15, -0.1) is 0 Å². The molecule has 1 aliphatic heterocycles. The normalized spacial score (nSPS) is 16.0. The molecule has 0 amide bonds. The van der Waals surface area contributed by atoms with Crippen molar-refractivity contribution in [3.05, 3.63) is 50.7 Å². The summed E-state index contributed by atoms with van der Waals surface area (Å²) in [6, 6.07) is 3.02. The number of ether oxygens (including phenoxy) is 1. The summed E-state index contributed by atoms with van der Waals surface area (Å²) in [5.41, 5.74) is 0.963. The molecule has 1 atom stereocenters. The number of rotatable bonds is 9. The van der Waals surface area contributed by atoms with Crippen molar-refractivity contribution < 1.29 is 14.5 Å². The Bertz CT molecular complexity index is 784. The van der Waals surface area contributed by atoms with Gasteiger partial charge in [-0.3, -0.25) is 19.8 Å². The average Bonchev–Trinajstić information content (AvgIpc) is 2.70. The first-order valence-corrected chi connectivity index (χ1v) is 10.3. The molecule has 0 bridgehead atoms. The van der Waals surface area contributed by atoms with Crippen molar-refractivity contribution in [1.29, 1.82) is 0 Å². The standard InChI is InChI=1S/C20H30ClN5O4/c1-6-24(11-15-7-8-18(21)22-10-15)19-17(26(28)29)12-25(13-23(19)4)16(9-14(2)3)20(27)30-5/h7-8,10,14,16H,6,9,11-13H2,1-5H3/t16-/m0/s1. The number of esters is 1. The molecule has 9 nitrogen and oxygen atoms in total. The van der Waals surface area contributed by atoms with E-state index in [0.29, 0.717) is 37.2 Å². The zero-order valence-electron chi connectivity index (χ0n) is 18.2. The molecule has 0 saturated carbocycles. The molecule has 0 N–H and O–H groups in total. The number of halogens is 1. The van der Waals surface area contributed by atoms with Crippen LogP contribution in [0.4, 0.5) is 0 Å². The number of carbonyl (C=O) groups is 1. The van der Waals surface area contributed by atoms with Gasteiger partial charge in [0.1, 0.15) is 11.2 Å². The summed E-state index contributed by atoms with van der Waals surface area (Å²) in [4.78, 5) is 33.7. The van der Waals surface area contributed by atoms with E-state index in [9.17, 15) is 14.9 Å². The number of pyridine rings is 1. The van der Waals surface area contributed by atoms with Crippen molar-refractivity contribution in [3.8, 4) is 0 Å². The summed E-state index contributed by atoms with van der Waals surface area (Å²) in [5.74, 6) is 0.415. The van der Waals surface area contributed by atoms with Crippen molar-refractivity contribution in [1.82, 2.24) is 19.7 Å². The fourth-order valence-corrected chi connectivity index (χ4v) is 3.79. The summed E-state index contributed by atoms with van der Waals surface area (Å²) in [6.45, 7) is 7.46. The van der Waals surface area contributed by atoms with E-state index in [0.717, 1.165) is 5.56 Å². The van der Waals surface area contributed by atoms with Crippen LogP contribution >= 0.6 is 11.6 Å². The summed E-state index contributed by atoms with van der Waals surface area (Å²) in [6.07, 6.45) is 2.23. The second-order valence-corrected chi connectivity index (χ2v) is 8.17. The second kappa shape index (κ2) is 10.6. The molecule has 10 heteroatoms. The van der Waals surface area contributed by atoms with E-state index in [1.165, 1.54) is 7.11 Å². The maximum atomic E-state index is 12.4.